The summed E-state index contributed by atoms with van der Waals surface area (Å²) in [5.74, 6) is -0.362. The summed E-state index contributed by atoms with van der Waals surface area (Å²) >= 11 is 0. The minimum absolute atomic E-state index is 0.0834. The van der Waals surface area contributed by atoms with E-state index in [-0.39, 0.29) is 17.9 Å². The minimum atomic E-state index is -0.181. The summed E-state index contributed by atoms with van der Waals surface area (Å²) in [6.45, 7) is 5.64. The van der Waals surface area contributed by atoms with Gasteiger partial charge in [-0.2, -0.15) is 0 Å². The smallest absolute Gasteiger partial charge is 0.261 e. The third kappa shape index (κ3) is 1.78. The van der Waals surface area contributed by atoms with Crippen LogP contribution in [0.15, 0.2) is 36.9 Å². The van der Waals surface area contributed by atoms with E-state index in [1.165, 1.54) is 4.90 Å². The maximum Gasteiger partial charge on any atom is 0.261 e. The van der Waals surface area contributed by atoms with Crippen LogP contribution < -0.4 is 0 Å². The largest absolute Gasteiger partial charge is 0.271 e. The summed E-state index contributed by atoms with van der Waals surface area (Å²) in [6, 6.07) is 6.89. The van der Waals surface area contributed by atoms with Crippen molar-refractivity contribution in [3.8, 4) is 0 Å². The number of carbonyl (C=O) groups excluding carboxylic acids is 2. The van der Waals surface area contributed by atoms with Crippen LogP contribution in [-0.2, 0) is 0 Å². The molecule has 2 amide bonds. The van der Waals surface area contributed by atoms with Gasteiger partial charge in [-0.1, -0.05) is 25.1 Å². The lowest BCUT2D eigenvalue weighted by molar-refractivity contribution is 0.0581. The maximum absolute atomic E-state index is 12.2. The molecule has 1 aromatic rings. The summed E-state index contributed by atoms with van der Waals surface area (Å²) in [7, 11) is 0. The molecule has 3 heteroatoms. The van der Waals surface area contributed by atoms with Crippen LogP contribution in [0.2, 0.25) is 0 Å². The molecule has 0 radical (unpaired) electrons. The number of nitrogens with zero attached hydrogens (tertiary/aromatic N) is 1. The second-order valence-corrected chi connectivity index (χ2v) is 4.11. The molecular formula is C14H15NO2. The fraction of sp³-hybridized carbons (Fsp3) is 0.286. The van der Waals surface area contributed by atoms with Gasteiger partial charge in [0, 0.05) is 6.04 Å². The Balaban J connectivity index is 2.38. The van der Waals surface area contributed by atoms with E-state index < -0.39 is 0 Å². The third-order valence-corrected chi connectivity index (χ3v) is 3.10. The molecular weight excluding hydrogens is 214 g/mol. The number of hydrogen-bond donors (Lipinski definition) is 0. The summed E-state index contributed by atoms with van der Waals surface area (Å²) in [6.07, 6.45) is 3.14. The fourth-order valence-electron chi connectivity index (χ4n) is 2.19. The Bertz CT molecular complexity index is 444. The predicted molar refractivity (Wildman–Crippen MR) is 65.8 cm³/mol. The van der Waals surface area contributed by atoms with E-state index in [9.17, 15) is 9.59 Å². The Kier molecular flexibility index (Phi) is 3.09. The average Bonchev–Trinajstić information content (AvgIpc) is 2.61. The van der Waals surface area contributed by atoms with Gasteiger partial charge in [0.1, 0.15) is 0 Å². The normalized spacial score (nSPS) is 15.9. The van der Waals surface area contributed by atoms with Crippen LogP contribution in [0, 0.1) is 0 Å². The number of fused-ring (bicyclic) bond motifs is 1. The Morgan fingerprint density at radius 1 is 1.24 bits per heavy atom. The Hall–Kier alpha value is -1.90. The molecule has 1 aliphatic rings. The van der Waals surface area contributed by atoms with Gasteiger partial charge in [-0.3, -0.25) is 14.5 Å². The number of amides is 2. The first kappa shape index (κ1) is 11.6. The van der Waals surface area contributed by atoms with Gasteiger partial charge in [-0.25, -0.2) is 0 Å². The zero-order valence-electron chi connectivity index (χ0n) is 9.85. The van der Waals surface area contributed by atoms with Gasteiger partial charge >= 0.3 is 0 Å². The van der Waals surface area contributed by atoms with Gasteiger partial charge in [0.25, 0.3) is 11.8 Å². The standard InChI is InChI=1S/C14H15NO2/c1-3-7-10(4-2)15-13(16)11-8-5-6-9-12(11)14(15)17/h3,5-6,8-10H,1,4,7H2,2H3/t10-/m0/s1. The molecule has 17 heavy (non-hydrogen) atoms. The van der Waals surface area contributed by atoms with Crippen LogP contribution in [0.25, 0.3) is 0 Å². The lowest BCUT2D eigenvalue weighted by Crippen LogP contribution is -2.39. The zero-order valence-corrected chi connectivity index (χ0v) is 9.85. The number of benzene rings is 1. The van der Waals surface area contributed by atoms with Gasteiger partial charge in [0.15, 0.2) is 0 Å². The number of hydrogen-bond acceptors (Lipinski definition) is 2. The Labute approximate surface area is 101 Å². The van der Waals surface area contributed by atoms with Crippen molar-refractivity contribution in [3.63, 3.8) is 0 Å². The molecule has 0 fully saturated rings. The highest BCUT2D eigenvalue weighted by Gasteiger charge is 2.38. The van der Waals surface area contributed by atoms with Crippen LogP contribution in [0.1, 0.15) is 40.5 Å². The van der Waals surface area contributed by atoms with Crippen LogP contribution in [0.5, 0.6) is 0 Å². The molecule has 88 valence electrons. The van der Waals surface area contributed by atoms with Crippen molar-refractivity contribution >= 4 is 11.8 Å². The van der Waals surface area contributed by atoms with Crippen LogP contribution >= 0.6 is 0 Å². The average molecular weight is 229 g/mol. The van der Waals surface area contributed by atoms with E-state index in [0.717, 1.165) is 6.42 Å². The first-order valence-electron chi connectivity index (χ1n) is 5.78. The van der Waals surface area contributed by atoms with E-state index in [4.69, 9.17) is 0 Å². The highest BCUT2D eigenvalue weighted by atomic mass is 16.2. The summed E-state index contributed by atoms with van der Waals surface area (Å²) in [4.78, 5) is 25.7. The van der Waals surface area contributed by atoms with Crippen molar-refractivity contribution in [1.82, 2.24) is 4.90 Å². The van der Waals surface area contributed by atoms with E-state index in [2.05, 4.69) is 6.58 Å². The maximum atomic E-state index is 12.2. The Morgan fingerprint density at radius 3 is 2.18 bits per heavy atom. The topological polar surface area (TPSA) is 37.4 Å². The predicted octanol–water partition coefficient (Wildman–Crippen LogP) is 2.64. The molecule has 0 aromatic heterocycles. The first-order valence-corrected chi connectivity index (χ1v) is 5.78. The summed E-state index contributed by atoms with van der Waals surface area (Å²) < 4.78 is 0. The second-order valence-electron chi connectivity index (χ2n) is 4.11. The second kappa shape index (κ2) is 4.53. The van der Waals surface area contributed by atoms with Gasteiger partial charge in [-0.05, 0) is 25.0 Å². The number of imide groups is 1. The first-order chi connectivity index (χ1) is 8.20. The van der Waals surface area contributed by atoms with E-state index in [1.807, 2.05) is 6.92 Å². The van der Waals surface area contributed by atoms with E-state index >= 15 is 0 Å². The zero-order chi connectivity index (χ0) is 12.4. The molecule has 0 aliphatic carbocycles. The fourth-order valence-corrected chi connectivity index (χ4v) is 2.19. The van der Waals surface area contributed by atoms with Crippen LogP contribution in [0.3, 0.4) is 0 Å². The van der Waals surface area contributed by atoms with Gasteiger partial charge in [0.2, 0.25) is 0 Å². The summed E-state index contributed by atoms with van der Waals surface area (Å²) in [5.41, 5.74) is 1.03. The van der Waals surface area contributed by atoms with Gasteiger partial charge < -0.3 is 0 Å². The molecule has 0 spiro atoms. The van der Waals surface area contributed by atoms with Crippen molar-refractivity contribution in [2.24, 2.45) is 0 Å². The molecule has 1 atom stereocenters. The van der Waals surface area contributed by atoms with Crippen LogP contribution in [-0.4, -0.2) is 22.8 Å². The molecule has 0 bridgehead atoms. The minimum Gasteiger partial charge on any atom is -0.271 e. The summed E-state index contributed by atoms with van der Waals surface area (Å²) in [5, 5.41) is 0. The molecule has 1 aromatic carbocycles. The highest BCUT2D eigenvalue weighted by Crippen LogP contribution is 2.26. The van der Waals surface area contributed by atoms with Crippen molar-refractivity contribution in [2.45, 2.75) is 25.8 Å². The molecule has 1 aliphatic heterocycles. The molecule has 1 heterocycles. The third-order valence-electron chi connectivity index (χ3n) is 3.10. The quantitative estimate of drug-likeness (QED) is 0.588. The molecule has 3 nitrogen and oxygen atoms in total. The molecule has 0 unspecified atom stereocenters. The van der Waals surface area contributed by atoms with Crippen molar-refractivity contribution in [3.05, 3.63) is 48.0 Å². The monoisotopic (exact) mass is 229 g/mol. The number of carbonyl (C=O) groups is 2. The number of rotatable bonds is 4. The molecule has 0 N–H and O–H groups in total. The lowest BCUT2D eigenvalue weighted by Gasteiger charge is -2.23. The van der Waals surface area contributed by atoms with Crippen molar-refractivity contribution in [1.29, 1.82) is 0 Å². The molecule has 2 rings (SSSR count). The lowest BCUT2D eigenvalue weighted by atomic mass is 10.1. The van der Waals surface area contributed by atoms with Crippen molar-refractivity contribution < 1.29 is 9.59 Å². The molecule has 0 saturated carbocycles. The van der Waals surface area contributed by atoms with E-state index in [0.29, 0.717) is 17.5 Å². The highest BCUT2D eigenvalue weighted by molar-refractivity contribution is 6.21. The Morgan fingerprint density at radius 2 is 1.76 bits per heavy atom. The van der Waals surface area contributed by atoms with E-state index in [1.54, 1.807) is 30.3 Å². The SMILES string of the molecule is C=CC[C@H](CC)N1C(=O)c2ccccc2C1=O. The van der Waals surface area contributed by atoms with Gasteiger partial charge in [0.05, 0.1) is 11.1 Å². The molecule has 0 saturated heterocycles. The van der Waals surface area contributed by atoms with Crippen LogP contribution in [0.4, 0.5) is 0 Å². The van der Waals surface area contributed by atoms with Gasteiger partial charge in [-0.15, -0.1) is 6.58 Å². The van der Waals surface area contributed by atoms with Crippen molar-refractivity contribution in [2.75, 3.05) is 0 Å².